The summed E-state index contributed by atoms with van der Waals surface area (Å²) >= 11 is 0. The molecule has 0 rings (SSSR count). The number of aliphatic carboxylic acids is 2. The molecule has 0 amide bonds. The van der Waals surface area contributed by atoms with Crippen LogP contribution in [0, 0.1) is 0 Å². The largest absolute Gasteiger partial charge is 0.481 e. The van der Waals surface area contributed by atoms with Crippen molar-refractivity contribution in [3.8, 4) is 0 Å². The molecule has 0 fully saturated rings. The highest BCUT2D eigenvalue weighted by atomic mass is 16.4. The minimum absolute atomic E-state index is 0.307. The molecule has 0 aliphatic rings. The van der Waals surface area contributed by atoms with Crippen LogP contribution in [0.1, 0.15) is 168 Å². The molecule has 0 unspecified atom stereocenters. The number of carboxylic acid groups (broad SMARTS) is 2. The highest BCUT2D eigenvalue weighted by Crippen LogP contribution is 2.10. The predicted octanol–water partition coefficient (Wildman–Crippen LogP) is 11.8. The van der Waals surface area contributed by atoms with E-state index in [0.717, 1.165) is 38.5 Å². The number of hydrogen-bond acceptors (Lipinski definition) is 2. The van der Waals surface area contributed by atoms with Gasteiger partial charge < -0.3 is 10.2 Å². The summed E-state index contributed by atoms with van der Waals surface area (Å²) in [5.41, 5.74) is 0. The lowest BCUT2D eigenvalue weighted by Crippen LogP contribution is -1.93. The van der Waals surface area contributed by atoms with Crippen molar-refractivity contribution in [1.82, 2.24) is 0 Å². The average molecular weight is 561 g/mol. The maximum absolute atomic E-state index is 10.3. The highest BCUT2D eigenvalue weighted by molar-refractivity contribution is 5.66. The Balaban J connectivity index is 0. The summed E-state index contributed by atoms with van der Waals surface area (Å²) in [5.74, 6) is -1.35. The molecule has 4 heteroatoms. The Morgan fingerprint density at radius 2 is 0.675 bits per heavy atom. The number of rotatable bonds is 28. The van der Waals surface area contributed by atoms with E-state index in [-0.39, 0.29) is 0 Å². The summed E-state index contributed by atoms with van der Waals surface area (Å²) in [6.07, 6.45) is 44.6. The van der Waals surface area contributed by atoms with Crippen LogP contribution in [0.2, 0.25) is 0 Å². The van der Waals surface area contributed by atoms with Crippen LogP contribution in [-0.2, 0) is 9.59 Å². The molecule has 0 saturated carbocycles. The topological polar surface area (TPSA) is 74.6 Å². The van der Waals surface area contributed by atoms with Crippen LogP contribution in [0.5, 0.6) is 0 Å². The van der Waals surface area contributed by atoms with Crippen LogP contribution in [-0.4, -0.2) is 22.2 Å². The smallest absolute Gasteiger partial charge is 0.303 e. The molecular weight excluding hydrogens is 496 g/mol. The number of hydrogen-bond donors (Lipinski definition) is 2. The third kappa shape index (κ3) is 43.0. The minimum atomic E-state index is -0.682. The third-order valence-corrected chi connectivity index (χ3v) is 6.74. The quantitative estimate of drug-likeness (QED) is 0.0737. The molecular formula is C36H64O4. The molecule has 0 radical (unpaired) electrons. The zero-order valence-electron chi connectivity index (χ0n) is 26.3. The van der Waals surface area contributed by atoms with Crippen molar-refractivity contribution in [2.75, 3.05) is 0 Å². The van der Waals surface area contributed by atoms with Gasteiger partial charge in [0.2, 0.25) is 0 Å². The summed E-state index contributed by atoms with van der Waals surface area (Å²) in [7, 11) is 0. The fourth-order valence-corrected chi connectivity index (χ4v) is 4.20. The van der Waals surface area contributed by atoms with Crippen molar-refractivity contribution < 1.29 is 19.8 Å². The van der Waals surface area contributed by atoms with Crippen LogP contribution in [0.3, 0.4) is 0 Å². The molecule has 0 atom stereocenters. The van der Waals surface area contributed by atoms with Gasteiger partial charge in [-0.1, -0.05) is 146 Å². The summed E-state index contributed by atoms with van der Waals surface area (Å²) in [6.45, 7) is 4.47. The molecule has 40 heavy (non-hydrogen) atoms. The van der Waals surface area contributed by atoms with Crippen molar-refractivity contribution in [1.29, 1.82) is 0 Å². The van der Waals surface area contributed by atoms with E-state index in [1.54, 1.807) is 0 Å². The zero-order valence-corrected chi connectivity index (χ0v) is 26.3. The van der Waals surface area contributed by atoms with Gasteiger partial charge in [-0.3, -0.25) is 9.59 Å². The Bertz CT molecular complexity index is 645. The first kappa shape index (κ1) is 40.0. The van der Waals surface area contributed by atoms with Gasteiger partial charge in [0.15, 0.2) is 0 Å². The number of carboxylic acids is 2. The molecule has 0 aromatic carbocycles. The van der Waals surface area contributed by atoms with Crippen LogP contribution in [0.25, 0.3) is 0 Å². The monoisotopic (exact) mass is 560 g/mol. The van der Waals surface area contributed by atoms with E-state index >= 15 is 0 Å². The average Bonchev–Trinajstić information content (AvgIpc) is 2.93. The van der Waals surface area contributed by atoms with Crippen LogP contribution >= 0.6 is 0 Å². The van der Waals surface area contributed by atoms with E-state index in [4.69, 9.17) is 10.2 Å². The normalized spacial score (nSPS) is 11.7. The van der Waals surface area contributed by atoms with E-state index in [1.807, 2.05) is 0 Å². The van der Waals surface area contributed by atoms with Gasteiger partial charge in [-0.05, 0) is 57.8 Å². The lowest BCUT2D eigenvalue weighted by atomic mass is 10.1. The molecule has 0 aromatic rings. The summed E-state index contributed by atoms with van der Waals surface area (Å²) in [5, 5.41) is 17.0. The number of carbonyl (C=O) groups is 2. The zero-order chi connectivity index (χ0) is 29.8. The lowest BCUT2D eigenvalue weighted by Gasteiger charge is -1.99. The Hall–Kier alpha value is -2.10. The second kappa shape index (κ2) is 36.9. The van der Waals surface area contributed by atoms with E-state index < -0.39 is 11.9 Å². The second-order valence-electron chi connectivity index (χ2n) is 10.8. The van der Waals surface area contributed by atoms with Gasteiger partial charge in [-0.15, -0.1) is 0 Å². The maximum atomic E-state index is 10.3. The van der Waals surface area contributed by atoms with Crippen molar-refractivity contribution in [2.24, 2.45) is 0 Å². The maximum Gasteiger partial charge on any atom is 0.303 e. The fraction of sp³-hybridized carbons (Fsp3) is 0.722. The van der Waals surface area contributed by atoms with E-state index in [9.17, 15) is 9.59 Å². The van der Waals surface area contributed by atoms with Gasteiger partial charge in [0.05, 0.1) is 0 Å². The van der Waals surface area contributed by atoms with Gasteiger partial charge in [0.1, 0.15) is 0 Å². The standard InChI is InChI=1S/2C18H32O2/c2*1-2-3-4-5-6-7-8-9-10-11-12-13-14-15-16-17-18(19)20/h9-12H,2-8,13-17H2,1H3,(H,19,20);5-8H,2-4,9-17H2,1H3,(H,19,20). The van der Waals surface area contributed by atoms with E-state index in [0.29, 0.717) is 12.8 Å². The molecule has 0 aliphatic carbocycles. The fourth-order valence-electron chi connectivity index (χ4n) is 4.20. The molecule has 0 spiro atoms. The van der Waals surface area contributed by atoms with Gasteiger partial charge in [-0.2, -0.15) is 0 Å². The van der Waals surface area contributed by atoms with E-state index in [1.165, 1.54) is 103 Å². The van der Waals surface area contributed by atoms with Crippen molar-refractivity contribution >= 4 is 11.9 Å². The first-order chi connectivity index (χ1) is 19.5. The van der Waals surface area contributed by atoms with Crippen molar-refractivity contribution in [3.05, 3.63) is 48.6 Å². The van der Waals surface area contributed by atoms with Crippen LogP contribution in [0.15, 0.2) is 48.6 Å². The summed E-state index contributed by atoms with van der Waals surface area (Å²) < 4.78 is 0. The molecule has 2 N–H and O–H groups in total. The first-order valence-corrected chi connectivity index (χ1v) is 16.6. The molecule has 0 aromatic heterocycles. The Kier molecular flexibility index (Phi) is 36.9. The van der Waals surface area contributed by atoms with Gasteiger partial charge >= 0.3 is 11.9 Å². The predicted molar refractivity (Wildman–Crippen MR) is 174 cm³/mol. The van der Waals surface area contributed by atoms with Gasteiger partial charge in [0.25, 0.3) is 0 Å². The molecule has 0 aliphatic heterocycles. The Labute approximate surface area is 248 Å². The molecule has 0 bridgehead atoms. The van der Waals surface area contributed by atoms with Crippen LogP contribution < -0.4 is 0 Å². The second-order valence-corrected chi connectivity index (χ2v) is 10.8. The minimum Gasteiger partial charge on any atom is -0.481 e. The number of allylic oxidation sites excluding steroid dienone is 8. The highest BCUT2D eigenvalue weighted by Gasteiger charge is 1.96. The van der Waals surface area contributed by atoms with Crippen molar-refractivity contribution in [2.45, 2.75) is 168 Å². The summed E-state index contributed by atoms with van der Waals surface area (Å²) in [4.78, 5) is 20.6. The number of unbranched alkanes of at least 4 members (excludes halogenated alkanes) is 18. The van der Waals surface area contributed by atoms with Crippen LogP contribution in [0.4, 0.5) is 0 Å². The SMILES string of the molecule is CCCCC=CC=CCCCCCCCCCC(=O)O.CCCCCCCCC=CC=CCCCCCC(=O)O. The third-order valence-electron chi connectivity index (χ3n) is 6.74. The molecule has 4 nitrogen and oxygen atoms in total. The molecule has 0 saturated heterocycles. The molecule has 0 heterocycles. The van der Waals surface area contributed by atoms with Gasteiger partial charge in [-0.25, -0.2) is 0 Å². The Morgan fingerprint density at radius 1 is 0.400 bits per heavy atom. The molecule has 232 valence electrons. The first-order valence-electron chi connectivity index (χ1n) is 16.6. The van der Waals surface area contributed by atoms with Crippen molar-refractivity contribution in [3.63, 3.8) is 0 Å². The Morgan fingerprint density at radius 3 is 1.02 bits per heavy atom. The van der Waals surface area contributed by atoms with Gasteiger partial charge in [0, 0.05) is 12.8 Å². The lowest BCUT2D eigenvalue weighted by molar-refractivity contribution is -0.138. The van der Waals surface area contributed by atoms with E-state index in [2.05, 4.69) is 62.5 Å². The summed E-state index contributed by atoms with van der Waals surface area (Å²) in [6, 6.07) is 0.